The van der Waals surface area contributed by atoms with Gasteiger partial charge in [-0.15, -0.1) is 22.7 Å². The lowest BCUT2D eigenvalue weighted by Crippen LogP contribution is -2.43. The summed E-state index contributed by atoms with van der Waals surface area (Å²) in [6.07, 6.45) is 1.94. The number of rotatable bonds is 8. The first-order valence-corrected chi connectivity index (χ1v) is 13.8. The van der Waals surface area contributed by atoms with Gasteiger partial charge >= 0.3 is 5.97 Å². The smallest absolute Gasteiger partial charge is 0.356 e. The molecule has 0 amide bonds. The summed E-state index contributed by atoms with van der Waals surface area (Å²) in [5.41, 5.74) is 9.16. The fraction of sp³-hybridized carbons (Fsp3) is 0.286. The summed E-state index contributed by atoms with van der Waals surface area (Å²) in [5, 5.41) is 15.3. The van der Waals surface area contributed by atoms with Crippen molar-refractivity contribution in [3.05, 3.63) is 82.1 Å². The van der Waals surface area contributed by atoms with Gasteiger partial charge in [0.15, 0.2) is 5.69 Å². The number of hydrogen-bond acceptors (Lipinski definition) is 8. The number of aromatic nitrogens is 2. The topological polar surface area (TPSA) is 116 Å². The van der Waals surface area contributed by atoms with Crippen LogP contribution >= 0.6 is 22.7 Å². The van der Waals surface area contributed by atoms with Gasteiger partial charge in [-0.1, -0.05) is 60.7 Å². The third kappa shape index (κ3) is 4.02. The first-order chi connectivity index (χ1) is 17.9. The van der Waals surface area contributed by atoms with E-state index in [1.165, 1.54) is 22.7 Å². The van der Waals surface area contributed by atoms with E-state index in [4.69, 9.17) is 5.53 Å². The molecule has 186 valence electrons. The molecule has 0 spiro atoms. The van der Waals surface area contributed by atoms with Crippen molar-refractivity contribution >= 4 is 34.4 Å². The molecule has 2 aliphatic carbocycles. The summed E-state index contributed by atoms with van der Waals surface area (Å²) in [4.78, 5) is 36.7. The number of carboxylic acids is 1. The van der Waals surface area contributed by atoms with Gasteiger partial charge in [-0.3, -0.25) is 4.79 Å². The van der Waals surface area contributed by atoms with Crippen LogP contribution < -0.4 is 0 Å². The van der Waals surface area contributed by atoms with Crippen molar-refractivity contribution in [1.82, 2.24) is 9.97 Å². The molecule has 2 aromatic carbocycles. The zero-order valence-electron chi connectivity index (χ0n) is 20.0. The van der Waals surface area contributed by atoms with Crippen molar-refractivity contribution in [3.63, 3.8) is 0 Å². The molecule has 0 aliphatic heterocycles. The number of nitrogens with zero attached hydrogens (tertiary/aromatic N) is 3. The van der Waals surface area contributed by atoms with E-state index < -0.39 is 11.5 Å². The molecule has 0 saturated heterocycles. The van der Waals surface area contributed by atoms with E-state index in [0.29, 0.717) is 34.3 Å². The second-order valence-electron chi connectivity index (χ2n) is 9.77. The predicted molar refractivity (Wildman–Crippen MR) is 142 cm³/mol. The maximum Gasteiger partial charge on any atom is 0.356 e. The first kappa shape index (κ1) is 23.8. The Kier molecular flexibility index (Phi) is 5.84. The first-order valence-electron chi connectivity index (χ1n) is 12.2. The van der Waals surface area contributed by atoms with Crippen molar-refractivity contribution in [2.45, 2.75) is 31.7 Å². The monoisotopic (exact) mass is 528 g/mol. The van der Waals surface area contributed by atoms with Gasteiger partial charge in [0, 0.05) is 12.3 Å². The molecule has 2 aromatic heterocycles. The zero-order valence-corrected chi connectivity index (χ0v) is 21.7. The third-order valence-electron chi connectivity index (χ3n) is 7.56. The molecule has 2 fully saturated rings. The van der Waals surface area contributed by atoms with Gasteiger partial charge in [-0.25, -0.2) is 20.3 Å². The molecule has 6 rings (SSSR count). The van der Waals surface area contributed by atoms with Crippen molar-refractivity contribution in [2.75, 3.05) is 0 Å². The minimum absolute atomic E-state index is 0.0257. The number of fused-ring (bicyclic) bond motifs is 1. The number of aromatic carboxylic acids is 1. The van der Waals surface area contributed by atoms with Crippen LogP contribution in [0.4, 0.5) is 0 Å². The van der Waals surface area contributed by atoms with Gasteiger partial charge in [0.1, 0.15) is 11.2 Å². The van der Waals surface area contributed by atoms with Crippen LogP contribution in [-0.2, 0) is 6.42 Å². The summed E-state index contributed by atoms with van der Waals surface area (Å²) in [6.45, 7) is 1.89. The van der Waals surface area contributed by atoms with Crippen molar-refractivity contribution < 1.29 is 14.7 Å². The normalized spacial score (nSPS) is 24.0. The average Bonchev–Trinajstić information content (AvgIpc) is 3.23. The number of benzene rings is 2. The van der Waals surface area contributed by atoms with Gasteiger partial charge in [-0.05, 0) is 42.7 Å². The summed E-state index contributed by atoms with van der Waals surface area (Å²) in [5.74, 6) is -0.883. The highest BCUT2D eigenvalue weighted by Gasteiger charge is 2.65. The fourth-order valence-electron chi connectivity index (χ4n) is 5.81. The quantitative estimate of drug-likeness (QED) is 0.193. The van der Waals surface area contributed by atoms with E-state index in [2.05, 4.69) is 15.1 Å². The van der Waals surface area contributed by atoms with Crippen molar-refractivity contribution in [1.29, 1.82) is 5.53 Å². The maximum atomic E-state index is 14.2. The molecule has 2 heterocycles. The average molecular weight is 529 g/mol. The zero-order chi connectivity index (χ0) is 25.7. The SMILES string of the molecule is Cc1nc(C(=O)C2(N=N)CC3CC3C2Cc2nc(C(=O)O)c(-c3ccccc3)s2)c(-c2ccccc2)s1. The summed E-state index contributed by atoms with van der Waals surface area (Å²) in [7, 11) is 0. The largest absolute Gasteiger partial charge is 0.476 e. The van der Waals surface area contributed by atoms with Crippen LogP contribution in [0.5, 0.6) is 0 Å². The second-order valence-corrected chi connectivity index (χ2v) is 12.1. The van der Waals surface area contributed by atoms with Gasteiger partial charge in [0.05, 0.1) is 19.8 Å². The number of aryl methyl sites for hydroxylation is 1. The van der Waals surface area contributed by atoms with E-state index in [1.807, 2.05) is 67.6 Å². The minimum Gasteiger partial charge on any atom is -0.476 e. The highest BCUT2D eigenvalue weighted by molar-refractivity contribution is 7.15. The van der Waals surface area contributed by atoms with Crippen LogP contribution in [0.3, 0.4) is 0 Å². The Morgan fingerprint density at radius 1 is 1.00 bits per heavy atom. The predicted octanol–water partition coefficient (Wildman–Crippen LogP) is 6.79. The minimum atomic E-state index is -1.21. The van der Waals surface area contributed by atoms with Gasteiger partial charge in [0.25, 0.3) is 0 Å². The molecule has 7 nitrogen and oxygen atoms in total. The van der Waals surface area contributed by atoms with Crippen LogP contribution in [-0.4, -0.2) is 32.4 Å². The number of carbonyl (C=O) groups is 2. The number of thiazole rings is 2. The lowest BCUT2D eigenvalue weighted by Gasteiger charge is -2.30. The van der Waals surface area contributed by atoms with Crippen molar-refractivity contribution in [3.8, 4) is 20.9 Å². The molecule has 2 saturated carbocycles. The molecule has 4 aromatic rings. The number of nitrogens with one attached hydrogen (secondary N) is 1. The number of carboxylic acid groups (broad SMARTS) is 1. The molecule has 4 atom stereocenters. The molecule has 4 unspecified atom stereocenters. The molecule has 2 N–H and O–H groups in total. The second kappa shape index (κ2) is 9.08. The van der Waals surface area contributed by atoms with Gasteiger partial charge < -0.3 is 5.11 Å². The van der Waals surface area contributed by atoms with Gasteiger partial charge in [-0.2, -0.15) is 5.11 Å². The van der Waals surface area contributed by atoms with Gasteiger partial charge in [0.2, 0.25) is 5.78 Å². The Balaban J connectivity index is 1.38. The van der Waals surface area contributed by atoms with E-state index in [1.54, 1.807) is 0 Å². The Hall–Kier alpha value is -3.56. The highest BCUT2D eigenvalue weighted by atomic mass is 32.1. The summed E-state index contributed by atoms with van der Waals surface area (Å²) < 4.78 is 0. The molecular weight excluding hydrogens is 504 g/mol. The fourth-order valence-corrected chi connectivity index (χ4v) is 7.85. The number of hydrogen-bond donors (Lipinski definition) is 2. The number of carbonyl (C=O) groups excluding carboxylic acids is 1. The molecule has 0 radical (unpaired) electrons. The summed E-state index contributed by atoms with van der Waals surface area (Å²) in [6, 6.07) is 19.1. The molecule has 2 aliphatic rings. The standard InChI is InChI=1S/C28H24N4O3S2/c1-15-30-22(24(36-15)16-8-4-2-5-9-16)26(33)28(32-29)14-18-12-19(18)20(28)13-21-31-23(27(34)35)25(37-21)17-10-6-3-7-11-17/h2-11,18-20,29H,12-14H2,1H3,(H,34,35). The lowest BCUT2D eigenvalue weighted by atomic mass is 9.77. The van der Waals surface area contributed by atoms with Crippen LogP contribution in [0.25, 0.3) is 20.9 Å². The van der Waals surface area contributed by atoms with E-state index in [-0.39, 0.29) is 23.3 Å². The Morgan fingerprint density at radius 3 is 2.22 bits per heavy atom. The summed E-state index contributed by atoms with van der Waals surface area (Å²) >= 11 is 2.83. The van der Waals surface area contributed by atoms with Crippen LogP contribution in [0.2, 0.25) is 0 Å². The number of ketones is 1. The highest BCUT2D eigenvalue weighted by Crippen LogP contribution is 2.63. The molecule has 0 bridgehead atoms. The van der Waals surface area contributed by atoms with E-state index >= 15 is 0 Å². The Labute approximate surface area is 221 Å². The lowest BCUT2D eigenvalue weighted by molar-refractivity contribution is 0.0690. The van der Waals surface area contributed by atoms with Crippen LogP contribution in [0, 0.1) is 30.2 Å². The van der Waals surface area contributed by atoms with E-state index in [9.17, 15) is 14.7 Å². The molecular formula is C28H24N4O3S2. The molecule has 9 heteroatoms. The van der Waals surface area contributed by atoms with Crippen LogP contribution in [0.15, 0.2) is 65.8 Å². The maximum absolute atomic E-state index is 14.2. The number of Topliss-reactive ketones (excluding diaryl/α,β-unsaturated/α-hetero) is 1. The Bertz CT molecular complexity index is 1510. The third-order valence-corrected chi connectivity index (χ3v) is 9.71. The Morgan fingerprint density at radius 2 is 1.62 bits per heavy atom. The van der Waals surface area contributed by atoms with Crippen molar-refractivity contribution in [2.24, 2.45) is 22.9 Å². The van der Waals surface area contributed by atoms with Crippen LogP contribution in [0.1, 0.15) is 43.8 Å². The molecule has 37 heavy (non-hydrogen) atoms. The van der Waals surface area contributed by atoms with E-state index in [0.717, 1.165) is 27.4 Å².